The standard InChI is InChI=1S/C29H28N4O3/c1-18(34)27-17-21-16-23(31-29(36)20-6-11-24(12-7-20)32(2)3)10-15-26(21)33(27)25-13-8-22(9-14-25)30-28(35)19-4-5-19/h6-17,19H,4-5H2,1-3H3,(H,30,35)(H,31,36). The lowest BCUT2D eigenvalue weighted by atomic mass is 10.1. The van der Waals surface area contributed by atoms with E-state index < -0.39 is 0 Å². The zero-order valence-electron chi connectivity index (χ0n) is 20.5. The lowest BCUT2D eigenvalue weighted by Gasteiger charge is -2.13. The Hall–Kier alpha value is -4.39. The van der Waals surface area contributed by atoms with Crippen LogP contribution < -0.4 is 15.5 Å². The summed E-state index contributed by atoms with van der Waals surface area (Å²) in [5.41, 5.74) is 5.18. The lowest BCUT2D eigenvalue weighted by Crippen LogP contribution is -2.13. The van der Waals surface area contributed by atoms with E-state index in [-0.39, 0.29) is 23.5 Å². The van der Waals surface area contributed by atoms with Gasteiger partial charge in [0.25, 0.3) is 5.91 Å². The summed E-state index contributed by atoms with van der Waals surface area (Å²) in [6.07, 6.45) is 1.90. The molecule has 36 heavy (non-hydrogen) atoms. The van der Waals surface area contributed by atoms with Gasteiger partial charge in [-0.25, -0.2) is 0 Å². The molecule has 1 aliphatic rings. The van der Waals surface area contributed by atoms with Crippen molar-refractivity contribution in [3.05, 3.63) is 84.1 Å². The van der Waals surface area contributed by atoms with Crippen molar-refractivity contribution in [2.24, 2.45) is 5.92 Å². The molecule has 1 heterocycles. The van der Waals surface area contributed by atoms with Crippen LogP contribution in [0.4, 0.5) is 17.1 Å². The smallest absolute Gasteiger partial charge is 0.255 e. The van der Waals surface area contributed by atoms with Gasteiger partial charge in [-0.1, -0.05) is 0 Å². The van der Waals surface area contributed by atoms with Crippen molar-refractivity contribution in [1.82, 2.24) is 4.57 Å². The number of amides is 2. The minimum Gasteiger partial charge on any atom is -0.378 e. The molecule has 0 bridgehead atoms. The predicted octanol–water partition coefficient (Wildman–Crippen LogP) is 5.50. The molecule has 0 spiro atoms. The van der Waals surface area contributed by atoms with Gasteiger partial charge in [-0.2, -0.15) is 0 Å². The third kappa shape index (κ3) is 4.73. The monoisotopic (exact) mass is 480 g/mol. The van der Waals surface area contributed by atoms with E-state index in [0.29, 0.717) is 16.9 Å². The maximum atomic E-state index is 12.8. The number of carbonyl (C=O) groups is 3. The Morgan fingerprint density at radius 1 is 0.833 bits per heavy atom. The van der Waals surface area contributed by atoms with Crippen molar-refractivity contribution < 1.29 is 14.4 Å². The summed E-state index contributed by atoms with van der Waals surface area (Å²) in [4.78, 5) is 39.3. The molecule has 4 aromatic rings. The number of aromatic nitrogens is 1. The van der Waals surface area contributed by atoms with Crippen LogP contribution in [0.2, 0.25) is 0 Å². The first-order valence-electron chi connectivity index (χ1n) is 12.0. The average Bonchev–Trinajstić information content (AvgIpc) is 3.65. The highest BCUT2D eigenvalue weighted by atomic mass is 16.2. The Morgan fingerprint density at radius 3 is 2.11 bits per heavy atom. The van der Waals surface area contributed by atoms with Gasteiger partial charge in [-0.15, -0.1) is 0 Å². The molecule has 1 saturated carbocycles. The summed E-state index contributed by atoms with van der Waals surface area (Å²) in [6, 6.07) is 22.3. The zero-order chi connectivity index (χ0) is 25.4. The third-order valence-corrected chi connectivity index (χ3v) is 6.41. The normalized spacial score (nSPS) is 12.9. The Bertz CT molecular complexity index is 1460. The van der Waals surface area contributed by atoms with Gasteiger partial charge in [-0.3, -0.25) is 14.4 Å². The third-order valence-electron chi connectivity index (χ3n) is 6.41. The van der Waals surface area contributed by atoms with Crippen molar-refractivity contribution in [2.45, 2.75) is 19.8 Å². The summed E-state index contributed by atoms with van der Waals surface area (Å²) in [7, 11) is 3.90. The van der Waals surface area contributed by atoms with Gasteiger partial charge in [-0.05, 0) is 85.6 Å². The molecule has 0 atom stereocenters. The summed E-state index contributed by atoms with van der Waals surface area (Å²) in [5.74, 6) is -0.0742. The summed E-state index contributed by atoms with van der Waals surface area (Å²) >= 11 is 0. The number of benzene rings is 3. The predicted molar refractivity (Wildman–Crippen MR) is 143 cm³/mol. The van der Waals surface area contributed by atoms with Crippen LogP contribution in [-0.4, -0.2) is 36.3 Å². The van der Waals surface area contributed by atoms with Gasteiger partial charge >= 0.3 is 0 Å². The molecule has 182 valence electrons. The molecule has 0 radical (unpaired) electrons. The first kappa shape index (κ1) is 23.4. The molecule has 0 saturated heterocycles. The van der Waals surface area contributed by atoms with Gasteiger partial charge in [0, 0.05) is 60.6 Å². The molecule has 1 fully saturated rings. The molecule has 7 heteroatoms. The van der Waals surface area contributed by atoms with Crippen LogP contribution in [0, 0.1) is 5.92 Å². The molecule has 1 aromatic heterocycles. The van der Waals surface area contributed by atoms with E-state index in [1.54, 1.807) is 12.1 Å². The number of nitrogens with one attached hydrogen (secondary N) is 2. The first-order chi connectivity index (χ1) is 17.3. The molecule has 5 rings (SSSR count). The Kier molecular flexibility index (Phi) is 6.06. The zero-order valence-corrected chi connectivity index (χ0v) is 20.5. The van der Waals surface area contributed by atoms with E-state index >= 15 is 0 Å². The van der Waals surface area contributed by atoms with Crippen molar-refractivity contribution in [1.29, 1.82) is 0 Å². The highest BCUT2D eigenvalue weighted by Crippen LogP contribution is 2.31. The van der Waals surface area contributed by atoms with Gasteiger partial charge in [0.1, 0.15) is 0 Å². The average molecular weight is 481 g/mol. The number of rotatable bonds is 7. The van der Waals surface area contributed by atoms with Gasteiger partial charge in [0.2, 0.25) is 5.91 Å². The van der Waals surface area contributed by atoms with E-state index in [1.165, 1.54) is 6.92 Å². The van der Waals surface area contributed by atoms with Crippen LogP contribution in [-0.2, 0) is 4.79 Å². The minimum atomic E-state index is -0.199. The van der Waals surface area contributed by atoms with Crippen molar-refractivity contribution in [3.8, 4) is 5.69 Å². The van der Waals surface area contributed by atoms with Crippen molar-refractivity contribution in [2.75, 3.05) is 29.6 Å². The van der Waals surface area contributed by atoms with Crippen molar-refractivity contribution in [3.63, 3.8) is 0 Å². The molecule has 0 aliphatic heterocycles. The fourth-order valence-corrected chi connectivity index (χ4v) is 4.23. The molecule has 3 aromatic carbocycles. The number of hydrogen-bond donors (Lipinski definition) is 2. The lowest BCUT2D eigenvalue weighted by molar-refractivity contribution is -0.117. The number of nitrogens with zero attached hydrogens (tertiary/aromatic N) is 2. The fraction of sp³-hybridized carbons (Fsp3) is 0.207. The molecule has 7 nitrogen and oxygen atoms in total. The quantitative estimate of drug-likeness (QED) is 0.342. The Balaban J connectivity index is 1.41. The number of Topliss-reactive ketones (excluding diaryl/α,β-unsaturated/α-hetero) is 1. The van der Waals surface area contributed by atoms with Crippen LogP contribution in [0.5, 0.6) is 0 Å². The highest BCUT2D eigenvalue weighted by Gasteiger charge is 2.29. The van der Waals surface area contributed by atoms with Crippen LogP contribution in [0.25, 0.3) is 16.6 Å². The first-order valence-corrected chi connectivity index (χ1v) is 12.0. The summed E-state index contributed by atoms with van der Waals surface area (Å²) < 4.78 is 1.90. The second-order valence-corrected chi connectivity index (χ2v) is 9.40. The maximum Gasteiger partial charge on any atom is 0.255 e. The largest absolute Gasteiger partial charge is 0.378 e. The second kappa shape index (κ2) is 9.34. The van der Waals surface area contributed by atoms with Gasteiger partial charge in [0.05, 0.1) is 11.2 Å². The summed E-state index contributed by atoms with van der Waals surface area (Å²) in [6.45, 7) is 1.54. The molecule has 0 unspecified atom stereocenters. The topological polar surface area (TPSA) is 83.4 Å². The molecular weight excluding hydrogens is 452 g/mol. The van der Waals surface area contributed by atoms with E-state index in [2.05, 4.69) is 10.6 Å². The molecule has 2 N–H and O–H groups in total. The van der Waals surface area contributed by atoms with Crippen LogP contribution in [0.3, 0.4) is 0 Å². The maximum absolute atomic E-state index is 12.8. The van der Waals surface area contributed by atoms with E-state index in [4.69, 9.17) is 0 Å². The SMILES string of the molecule is CC(=O)c1cc2cc(NC(=O)c3ccc(N(C)C)cc3)ccc2n1-c1ccc(NC(=O)C2CC2)cc1. The van der Waals surface area contributed by atoms with Crippen LogP contribution >= 0.6 is 0 Å². The van der Waals surface area contributed by atoms with Crippen LogP contribution in [0.1, 0.15) is 40.6 Å². The van der Waals surface area contributed by atoms with Crippen molar-refractivity contribution >= 4 is 45.6 Å². The minimum absolute atomic E-state index is 0.0572. The number of anilines is 3. The number of ketones is 1. The van der Waals surface area contributed by atoms with E-state index in [0.717, 1.165) is 40.8 Å². The second-order valence-electron chi connectivity index (χ2n) is 9.40. The van der Waals surface area contributed by atoms with E-state index in [1.807, 2.05) is 84.2 Å². The summed E-state index contributed by atoms with van der Waals surface area (Å²) in [5, 5.41) is 6.73. The molecule has 1 aliphatic carbocycles. The van der Waals surface area contributed by atoms with E-state index in [9.17, 15) is 14.4 Å². The number of carbonyl (C=O) groups excluding carboxylic acids is 3. The molecular formula is C29H28N4O3. The van der Waals surface area contributed by atoms with Gasteiger partial charge in [0.15, 0.2) is 5.78 Å². The number of hydrogen-bond acceptors (Lipinski definition) is 4. The Labute approximate surface area is 209 Å². The van der Waals surface area contributed by atoms with Crippen LogP contribution in [0.15, 0.2) is 72.8 Å². The Morgan fingerprint density at radius 2 is 1.50 bits per heavy atom. The fourth-order valence-electron chi connectivity index (χ4n) is 4.23. The van der Waals surface area contributed by atoms with Gasteiger partial charge < -0.3 is 20.1 Å². The molecule has 2 amide bonds. The highest BCUT2D eigenvalue weighted by molar-refractivity contribution is 6.06. The number of fused-ring (bicyclic) bond motifs is 1.